The molecule has 0 radical (unpaired) electrons. The molecule has 2 rings (SSSR count). The lowest BCUT2D eigenvalue weighted by Gasteiger charge is -2.13. The van der Waals surface area contributed by atoms with Gasteiger partial charge in [0.15, 0.2) is 0 Å². The van der Waals surface area contributed by atoms with E-state index in [1.54, 1.807) is 7.11 Å². The molecule has 0 aromatic heterocycles. The molecule has 22 heavy (non-hydrogen) atoms. The van der Waals surface area contributed by atoms with E-state index in [0.717, 1.165) is 30.3 Å². The number of hydrogen-bond acceptors (Lipinski definition) is 3. The zero-order valence-electron chi connectivity index (χ0n) is 13.8. The summed E-state index contributed by atoms with van der Waals surface area (Å²) in [6.45, 7) is 7.84. The van der Waals surface area contributed by atoms with Crippen LogP contribution in [0, 0.1) is 12.8 Å². The molecule has 0 aliphatic rings. The molecule has 118 valence electrons. The first-order valence-corrected chi connectivity index (χ1v) is 7.68. The van der Waals surface area contributed by atoms with Crippen LogP contribution in [0.4, 0.5) is 5.69 Å². The van der Waals surface area contributed by atoms with Crippen LogP contribution in [0.1, 0.15) is 25.0 Å². The number of methoxy groups -OCH3 is 1. The second kappa shape index (κ2) is 7.74. The van der Waals surface area contributed by atoms with Crippen molar-refractivity contribution in [1.82, 2.24) is 0 Å². The second-order valence-electron chi connectivity index (χ2n) is 5.91. The summed E-state index contributed by atoms with van der Waals surface area (Å²) in [5.41, 5.74) is 3.40. The first kappa shape index (κ1) is 16.2. The fourth-order valence-electron chi connectivity index (χ4n) is 2.17. The van der Waals surface area contributed by atoms with Crippen molar-refractivity contribution in [3.05, 3.63) is 53.6 Å². The largest absolute Gasteiger partial charge is 0.495 e. The number of anilines is 1. The van der Waals surface area contributed by atoms with E-state index in [2.05, 4.69) is 44.3 Å². The van der Waals surface area contributed by atoms with Crippen LogP contribution in [0.5, 0.6) is 11.5 Å². The van der Waals surface area contributed by atoms with Crippen molar-refractivity contribution >= 4 is 5.69 Å². The highest BCUT2D eigenvalue weighted by atomic mass is 16.5. The van der Waals surface area contributed by atoms with Crippen LogP contribution in [-0.2, 0) is 6.54 Å². The van der Waals surface area contributed by atoms with Gasteiger partial charge in [0.05, 0.1) is 19.4 Å². The van der Waals surface area contributed by atoms with Crippen molar-refractivity contribution in [2.24, 2.45) is 5.92 Å². The van der Waals surface area contributed by atoms with Crippen molar-refractivity contribution in [2.75, 3.05) is 19.0 Å². The summed E-state index contributed by atoms with van der Waals surface area (Å²) in [6, 6.07) is 14.3. The zero-order valence-corrected chi connectivity index (χ0v) is 13.8. The van der Waals surface area contributed by atoms with Gasteiger partial charge in [0.2, 0.25) is 0 Å². The SMILES string of the molecule is COc1ccc(C)cc1NCc1cccc(OCC(C)C)c1. The Morgan fingerprint density at radius 1 is 1.09 bits per heavy atom. The maximum atomic E-state index is 5.77. The summed E-state index contributed by atoms with van der Waals surface area (Å²) in [6.07, 6.45) is 0. The van der Waals surface area contributed by atoms with E-state index in [4.69, 9.17) is 9.47 Å². The third kappa shape index (κ3) is 4.69. The highest BCUT2D eigenvalue weighted by Gasteiger charge is 2.04. The van der Waals surface area contributed by atoms with Crippen molar-refractivity contribution in [1.29, 1.82) is 0 Å². The molecule has 0 heterocycles. The summed E-state index contributed by atoms with van der Waals surface area (Å²) in [4.78, 5) is 0. The molecular formula is C19H25NO2. The van der Waals surface area contributed by atoms with Crippen LogP contribution in [0.3, 0.4) is 0 Å². The van der Waals surface area contributed by atoms with Gasteiger partial charge in [-0.15, -0.1) is 0 Å². The van der Waals surface area contributed by atoms with E-state index in [-0.39, 0.29) is 0 Å². The quantitative estimate of drug-likeness (QED) is 0.807. The van der Waals surface area contributed by atoms with E-state index in [1.165, 1.54) is 11.1 Å². The number of benzene rings is 2. The molecule has 2 aromatic rings. The Balaban J connectivity index is 2.02. The minimum absolute atomic E-state index is 0.526. The summed E-state index contributed by atoms with van der Waals surface area (Å²) < 4.78 is 11.2. The van der Waals surface area contributed by atoms with Crippen LogP contribution >= 0.6 is 0 Å². The number of rotatable bonds is 7. The first-order valence-electron chi connectivity index (χ1n) is 7.68. The normalized spacial score (nSPS) is 10.6. The Labute approximate surface area is 133 Å². The standard InChI is InChI=1S/C19H25NO2/c1-14(2)13-22-17-7-5-6-16(11-17)12-20-18-10-15(3)8-9-19(18)21-4/h5-11,14,20H,12-13H2,1-4H3. The fourth-order valence-corrected chi connectivity index (χ4v) is 2.17. The van der Waals surface area contributed by atoms with E-state index < -0.39 is 0 Å². The summed E-state index contributed by atoms with van der Waals surface area (Å²) in [7, 11) is 1.69. The molecule has 0 aliphatic carbocycles. The average molecular weight is 299 g/mol. The molecule has 2 aromatic carbocycles. The van der Waals surface area contributed by atoms with Gasteiger partial charge in [-0.3, -0.25) is 0 Å². The van der Waals surface area contributed by atoms with Gasteiger partial charge < -0.3 is 14.8 Å². The molecule has 1 N–H and O–H groups in total. The Hall–Kier alpha value is -2.16. The monoisotopic (exact) mass is 299 g/mol. The van der Waals surface area contributed by atoms with Gasteiger partial charge in [-0.05, 0) is 48.2 Å². The van der Waals surface area contributed by atoms with Crippen LogP contribution in [0.25, 0.3) is 0 Å². The average Bonchev–Trinajstić information content (AvgIpc) is 2.51. The van der Waals surface area contributed by atoms with Gasteiger partial charge in [-0.25, -0.2) is 0 Å². The summed E-state index contributed by atoms with van der Waals surface area (Å²) in [5.74, 6) is 2.31. The predicted molar refractivity (Wildman–Crippen MR) is 91.8 cm³/mol. The Bertz CT molecular complexity index is 608. The fraction of sp³-hybridized carbons (Fsp3) is 0.368. The van der Waals surface area contributed by atoms with Gasteiger partial charge in [-0.2, -0.15) is 0 Å². The highest BCUT2D eigenvalue weighted by molar-refractivity contribution is 5.58. The molecule has 0 aliphatic heterocycles. The van der Waals surface area contributed by atoms with Gasteiger partial charge in [-0.1, -0.05) is 32.0 Å². The minimum Gasteiger partial charge on any atom is -0.495 e. The molecule has 3 nitrogen and oxygen atoms in total. The maximum Gasteiger partial charge on any atom is 0.141 e. The smallest absolute Gasteiger partial charge is 0.141 e. The van der Waals surface area contributed by atoms with Gasteiger partial charge >= 0.3 is 0 Å². The third-order valence-electron chi connectivity index (χ3n) is 3.32. The van der Waals surface area contributed by atoms with E-state index in [9.17, 15) is 0 Å². The molecule has 0 saturated heterocycles. The lowest BCUT2D eigenvalue weighted by molar-refractivity contribution is 0.271. The predicted octanol–water partition coefficient (Wildman–Crippen LogP) is 4.65. The number of aryl methyl sites for hydroxylation is 1. The van der Waals surface area contributed by atoms with E-state index in [1.807, 2.05) is 24.3 Å². The molecule has 3 heteroatoms. The molecule has 0 bridgehead atoms. The van der Waals surface area contributed by atoms with E-state index in [0.29, 0.717) is 5.92 Å². The lowest BCUT2D eigenvalue weighted by Crippen LogP contribution is -2.05. The van der Waals surface area contributed by atoms with Crippen LogP contribution in [0.15, 0.2) is 42.5 Å². The Morgan fingerprint density at radius 2 is 1.91 bits per heavy atom. The molecule has 0 fully saturated rings. The van der Waals surface area contributed by atoms with Gasteiger partial charge in [0.1, 0.15) is 11.5 Å². The molecule has 0 saturated carbocycles. The first-order chi connectivity index (χ1) is 10.6. The lowest BCUT2D eigenvalue weighted by atomic mass is 10.1. The van der Waals surface area contributed by atoms with Crippen LogP contribution in [-0.4, -0.2) is 13.7 Å². The maximum absolute atomic E-state index is 5.77. The minimum atomic E-state index is 0.526. The number of ether oxygens (including phenoxy) is 2. The molecule has 0 unspecified atom stereocenters. The molecular weight excluding hydrogens is 274 g/mol. The summed E-state index contributed by atoms with van der Waals surface area (Å²) in [5, 5.41) is 3.43. The van der Waals surface area contributed by atoms with E-state index >= 15 is 0 Å². The number of nitrogens with one attached hydrogen (secondary N) is 1. The van der Waals surface area contributed by atoms with Crippen molar-refractivity contribution in [3.63, 3.8) is 0 Å². The molecule has 0 atom stereocenters. The van der Waals surface area contributed by atoms with Crippen molar-refractivity contribution < 1.29 is 9.47 Å². The Kier molecular flexibility index (Phi) is 5.70. The number of hydrogen-bond donors (Lipinski definition) is 1. The topological polar surface area (TPSA) is 30.5 Å². The molecule has 0 spiro atoms. The van der Waals surface area contributed by atoms with Crippen molar-refractivity contribution in [2.45, 2.75) is 27.3 Å². The van der Waals surface area contributed by atoms with Crippen LogP contribution < -0.4 is 14.8 Å². The highest BCUT2D eigenvalue weighted by Crippen LogP contribution is 2.26. The zero-order chi connectivity index (χ0) is 15.9. The summed E-state index contributed by atoms with van der Waals surface area (Å²) >= 11 is 0. The Morgan fingerprint density at radius 3 is 2.64 bits per heavy atom. The van der Waals surface area contributed by atoms with Crippen molar-refractivity contribution in [3.8, 4) is 11.5 Å². The van der Waals surface area contributed by atoms with Crippen LogP contribution in [0.2, 0.25) is 0 Å². The molecule has 0 amide bonds. The van der Waals surface area contributed by atoms with Gasteiger partial charge in [0, 0.05) is 6.54 Å². The van der Waals surface area contributed by atoms with Gasteiger partial charge in [0.25, 0.3) is 0 Å². The third-order valence-corrected chi connectivity index (χ3v) is 3.32. The second-order valence-corrected chi connectivity index (χ2v) is 5.91.